The van der Waals surface area contributed by atoms with E-state index in [0.29, 0.717) is 37.1 Å². The summed E-state index contributed by atoms with van der Waals surface area (Å²) in [7, 11) is 0. The predicted octanol–water partition coefficient (Wildman–Crippen LogP) is 3.94. The van der Waals surface area contributed by atoms with E-state index in [0.717, 1.165) is 16.9 Å². The first kappa shape index (κ1) is 26.3. The zero-order chi connectivity index (χ0) is 26.2. The van der Waals surface area contributed by atoms with Crippen molar-refractivity contribution in [2.75, 3.05) is 13.2 Å². The summed E-state index contributed by atoms with van der Waals surface area (Å²) in [5.74, 6) is 0.444. The SMILES string of the molecule is CCOC(=O)C(Br)Cc1ccc(Cn2c(=O)n(CCCOc3ccccc3)c(=O)c3cccnc32)cc1. The monoisotopic (exact) mass is 565 g/mol. The lowest BCUT2D eigenvalue weighted by molar-refractivity contribution is -0.142. The molecule has 0 aliphatic rings. The predicted molar refractivity (Wildman–Crippen MR) is 145 cm³/mol. The average molecular weight is 566 g/mol. The number of carbonyl (C=O) groups excluding carboxylic acids is 1. The maximum Gasteiger partial charge on any atom is 0.332 e. The van der Waals surface area contributed by atoms with Crippen molar-refractivity contribution < 1.29 is 14.3 Å². The van der Waals surface area contributed by atoms with Crippen molar-refractivity contribution in [3.05, 3.63) is 105 Å². The van der Waals surface area contributed by atoms with E-state index in [-0.39, 0.29) is 24.6 Å². The molecule has 0 radical (unpaired) electrons. The molecule has 0 aliphatic carbocycles. The Balaban J connectivity index is 1.53. The molecule has 192 valence electrons. The number of hydrogen-bond acceptors (Lipinski definition) is 6. The van der Waals surface area contributed by atoms with Crippen LogP contribution >= 0.6 is 15.9 Å². The summed E-state index contributed by atoms with van der Waals surface area (Å²) in [6.07, 6.45) is 2.56. The first-order chi connectivity index (χ1) is 18.0. The molecule has 2 aromatic carbocycles. The lowest BCUT2D eigenvalue weighted by atomic mass is 10.1. The average Bonchev–Trinajstić information content (AvgIpc) is 2.92. The molecule has 4 aromatic rings. The van der Waals surface area contributed by atoms with Crippen molar-refractivity contribution in [3.8, 4) is 5.75 Å². The molecule has 2 heterocycles. The van der Waals surface area contributed by atoms with Gasteiger partial charge in [0.2, 0.25) is 0 Å². The van der Waals surface area contributed by atoms with E-state index in [1.165, 1.54) is 9.13 Å². The topological polar surface area (TPSA) is 92.4 Å². The van der Waals surface area contributed by atoms with Crippen LogP contribution in [0, 0.1) is 0 Å². The standard InChI is InChI=1S/C28H28BrN3O5/c1-2-36-27(34)24(29)18-20-11-13-21(14-12-20)19-32-25-23(10-6-15-30-25)26(33)31(28(32)35)16-7-17-37-22-8-4-3-5-9-22/h3-6,8-15,24H,2,7,16-19H2,1H3. The fourth-order valence-electron chi connectivity index (χ4n) is 4.00. The van der Waals surface area contributed by atoms with Crippen LogP contribution in [0.25, 0.3) is 11.0 Å². The molecular weight excluding hydrogens is 538 g/mol. The minimum atomic E-state index is -0.427. The second kappa shape index (κ2) is 12.5. The second-order valence-electron chi connectivity index (χ2n) is 8.46. The summed E-state index contributed by atoms with van der Waals surface area (Å²) >= 11 is 3.37. The lowest BCUT2D eigenvalue weighted by Gasteiger charge is -2.14. The van der Waals surface area contributed by atoms with Gasteiger partial charge in [0.15, 0.2) is 0 Å². The summed E-state index contributed by atoms with van der Waals surface area (Å²) in [5.41, 5.74) is 1.40. The minimum Gasteiger partial charge on any atom is -0.494 e. The van der Waals surface area contributed by atoms with Crippen molar-refractivity contribution in [2.45, 2.75) is 37.7 Å². The molecule has 1 atom stereocenters. The van der Waals surface area contributed by atoms with Gasteiger partial charge in [0.05, 0.1) is 25.1 Å². The van der Waals surface area contributed by atoms with Gasteiger partial charge in [-0.05, 0) is 55.2 Å². The number of para-hydroxylation sites is 1. The Morgan fingerprint density at radius 1 is 0.973 bits per heavy atom. The fraction of sp³-hybridized carbons (Fsp3) is 0.286. The van der Waals surface area contributed by atoms with E-state index in [1.807, 2.05) is 54.6 Å². The van der Waals surface area contributed by atoms with E-state index >= 15 is 0 Å². The van der Waals surface area contributed by atoms with Crippen LogP contribution in [0.15, 0.2) is 82.5 Å². The summed E-state index contributed by atoms with van der Waals surface area (Å²) in [5, 5.41) is 0.388. The maximum absolute atomic E-state index is 13.4. The number of ether oxygens (including phenoxy) is 2. The Labute approximate surface area is 222 Å². The van der Waals surface area contributed by atoms with Crippen molar-refractivity contribution in [1.29, 1.82) is 0 Å². The number of fused-ring (bicyclic) bond motifs is 1. The summed E-state index contributed by atoms with van der Waals surface area (Å²) in [6.45, 7) is 2.97. The van der Waals surface area contributed by atoms with E-state index < -0.39 is 10.5 Å². The van der Waals surface area contributed by atoms with Crippen LogP contribution in [0.3, 0.4) is 0 Å². The quantitative estimate of drug-likeness (QED) is 0.155. The number of halogens is 1. The van der Waals surface area contributed by atoms with Crippen LogP contribution in [0.5, 0.6) is 5.75 Å². The molecule has 37 heavy (non-hydrogen) atoms. The minimum absolute atomic E-state index is 0.231. The Bertz CT molecular complexity index is 1470. The van der Waals surface area contributed by atoms with Gasteiger partial charge in [0.25, 0.3) is 5.56 Å². The Hall–Kier alpha value is -3.72. The highest BCUT2D eigenvalue weighted by Crippen LogP contribution is 2.15. The third kappa shape index (κ3) is 6.54. The Kier molecular flexibility index (Phi) is 8.90. The van der Waals surface area contributed by atoms with Gasteiger partial charge < -0.3 is 9.47 Å². The Morgan fingerprint density at radius 3 is 2.43 bits per heavy atom. The zero-order valence-corrected chi connectivity index (χ0v) is 22.1. The van der Waals surface area contributed by atoms with E-state index in [9.17, 15) is 14.4 Å². The highest BCUT2D eigenvalue weighted by Gasteiger charge is 2.17. The maximum atomic E-state index is 13.4. The van der Waals surface area contributed by atoms with Crippen LogP contribution in [-0.4, -0.2) is 38.1 Å². The van der Waals surface area contributed by atoms with Gasteiger partial charge in [0, 0.05) is 12.7 Å². The van der Waals surface area contributed by atoms with Crippen molar-refractivity contribution in [1.82, 2.24) is 14.1 Å². The zero-order valence-electron chi connectivity index (χ0n) is 20.5. The molecule has 1 unspecified atom stereocenters. The molecule has 9 heteroatoms. The number of aromatic nitrogens is 3. The van der Waals surface area contributed by atoms with E-state index in [1.54, 1.807) is 25.3 Å². The van der Waals surface area contributed by atoms with E-state index in [4.69, 9.17) is 9.47 Å². The number of pyridine rings is 1. The molecule has 0 saturated heterocycles. The number of benzene rings is 2. The molecule has 0 aliphatic heterocycles. The highest BCUT2D eigenvalue weighted by atomic mass is 79.9. The summed E-state index contributed by atoms with van der Waals surface area (Å²) < 4.78 is 13.5. The molecule has 0 spiro atoms. The van der Waals surface area contributed by atoms with Crippen LogP contribution in [0.4, 0.5) is 0 Å². The number of esters is 1. The van der Waals surface area contributed by atoms with Gasteiger partial charge in [-0.15, -0.1) is 0 Å². The number of alkyl halides is 1. The van der Waals surface area contributed by atoms with Crippen LogP contribution < -0.4 is 16.0 Å². The molecule has 0 saturated carbocycles. The number of carbonyl (C=O) groups is 1. The normalized spacial score (nSPS) is 11.8. The fourth-order valence-corrected chi connectivity index (χ4v) is 4.51. The number of nitrogens with zero attached hydrogens (tertiary/aromatic N) is 3. The Morgan fingerprint density at radius 2 is 1.70 bits per heavy atom. The summed E-state index contributed by atoms with van der Waals surface area (Å²) in [6, 6.07) is 20.4. The van der Waals surface area contributed by atoms with E-state index in [2.05, 4.69) is 20.9 Å². The molecule has 0 fully saturated rings. The van der Waals surface area contributed by atoms with Gasteiger partial charge in [-0.25, -0.2) is 9.78 Å². The number of rotatable bonds is 11. The third-order valence-electron chi connectivity index (χ3n) is 5.84. The number of hydrogen-bond donors (Lipinski definition) is 0. The third-order valence-corrected chi connectivity index (χ3v) is 6.54. The van der Waals surface area contributed by atoms with Crippen molar-refractivity contribution in [3.63, 3.8) is 0 Å². The van der Waals surface area contributed by atoms with Gasteiger partial charge >= 0.3 is 11.7 Å². The smallest absolute Gasteiger partial charge is 0.332 e. The molecule has 4 rings (SSSR count). The molecule has 2 aromatic heterocycles. The van der Waals surface area contributed by atoms with Crippen LogP contribution in [0.1, 0.15) is 24.5 Å². The van der Waals surface area contributed by atoms with Gasteiger partial charge in [-0.2, -0.15) is 0 Å². The van der Waals surface area contributed by atoms with Crippen molar-refractivity contribution in [2.24, 2.45) is 0 Å². The van der Waals surface area contributed by atoms with Gasteiger partial charge in [-0.3, -0.25) is 18.7 Å². The first-order valence-electron chi connectivity index (χ1n) is 12.1. The lowest BCUT2D eigenvalue weighted by Crippen LogP contribution is -2.40. The summed E-state index contributed by atoms with van der Waals surface area (Å²) in [4.78, 5) is 42.3. The molecule has 8 nitrogen and oxygen atoms in total. The van der Waals surface area contributed by atoms with Gasteiger partial charge in [-0.1, -0.05) is 58.4 Å². The van der Waals surface area contributed by atoms with Gasteiger partial charge in [0.1, 0.15) is 16.2 Å². The first-order valence-corrected chi connectivity index (χ1v) is 13.0. The second-order valence-corrected chi connectivity index (χ2v) is 9.56. The van der Waals surface area contributed by atoms with Crippen LogP contribution in [0.2, 0.25) is 0 Å². The highest BCUT2D eigenvalue weighted by molar-refractivity contribution is 9.10. The van der Waals surface area contributed by atoms with Crippen LogP contribution in [-0.2, 0) is 29.0 Å². The molecule has 0 N–H and O–H groups in total. The molecular formula is C28H28BrN3O5. The largest absolute Gasteiger partial charge is 0.494 e. The molecule has 0 amide bonds. The van der Waals surface area contributed by atoms with Crippen molar-refractivity contribution >= 4 is 32.9 Å². The molecule has 0 bridgehead atoms.